The van der Waals surface area contributed by atoms with Gasteiger partial charge in [-0.15, -0.1) is 0 Å². The maximum Gasteiger partial charge on any atom is 0.243 e. The van der Waals surface area contributed by atoms with Crippen LogP contribution in [0.4, 0.5) is 5.69 Å². The summed E-state index contributed by atoms with van der Waals surface area (Å²) in [7, 11) is -4.92. The van der Waals surface area contributed by atoms with Crippen LogP contribution in [0, 0.1) is 0 Å². The molecule has 0 aliphatic rings. The number of nitrogen functional groups attached to an aromatic ring is 1. The zero-order valence-electron chi connectivity index (χ0n) is 9.44. The highest BCUT2D eigenvalue weighted by atomic mass is 35.5. The molecule has 0 aromatic heterocycles. The van der Waals surface area contributed by atoms with Crippen LogP contribution in [-0.4, -0.2) is 31.2 Å². The molecule has 0 heterocycles. The molecular formula is C9H12Cl2N2O3S2. The molecule has 0 aliphatic heterocycles. The average Bonchev–Trinajstić information content (AvgIpc) is 2.13. The lowest BCUT2D eigenvalue weighted by Crippen LogP contribution is -2.28. The van der Waals surface area contributed by atoms with Gasteiger partial charge in [-0.1, -0.05) is 23.2 Å². The Morgan fingerprint density at radius 1 is 1.33 bits per heavy atom. The number of hydrogen-bond donors (Lipinski definition) is 2. The van der Waals surface area contributed by atoms with Crippen LogP contribution in [0.1, 0.15) is 0 Å². The van der Waals surface area contributed by atoms with Crippen LogP contribution in [-0.2, 0) is 20.8 Å². The predicted octanol–water partition coefficient (Wildman–Crippen LogP) is 1.23. The summed E-state index contributed by atoms with van der Waals surface area (Å²) in [6.45, 7) is 0.0441. The summed E-state index contributed by atoms with van der Waals surface area (Å²) in [5.41, 5.74) is 5.76. The van der Waals surface area contributed by atoms with Crippen molar-refractivity contribution in [3.05, 3.63) is 22.2 Å². The number of rotatable bonds is 5. The molecule has 9 heteroatoms. The third-order valence-electron chi connectivity index (χ3n) is 1.97. The van der Waals surface area contributed by atoms with Gasteiger partial charge >= 0.3 is 0 Å². The van der Waals surface area contributed by atoms with Gasteiger partial charge in [0.05, 0.1) is 10.0 Å². The molecule has 1 atom stereocenters. The Kier molecular flexibility index (Phi) is 5.42. The normalized spacial score (nSPS) is 13.5. The van der Waals surface area contributed by atoms with Gasteiger partial charge < -0.3 is 5.73 Å². The van der Waals surface area contributed by atoms with Crippen molar-refractivity contribution in [3.63, 3.8) is 0 Å². The van der Waals surface area contributed by atoms with E-state index in [1.165, 1.54) is 18.4 Å². The number of halogens is 2. The second kappa shape index (κ2) is 6.21. The third-order valence-corrected chi connectivity index (χ3v) is 5.13. The minimum atomic E-state index is -3.84. The zero-order chi connectivity index (χ0) is 13.9. The number of benzene rings is 1. The molecule has 1 rings (SSSR count). The molecule has 102 valence electrons. The summed E-state index contributed by atoms with van der Waals surface area (Å²) < 4.78 is 37.0. The molecule has 0 aliphatic carbocycles. The van der Waals surface area contributed by atoms with Gasteiger partial charge in [0.15, 0.2) is 0 Å². The van der Waals surface area contributed by atoms with Crippen molar-refractivity contribution in [2.45, 2.75) is 4.90 Å². The molecule has 5 nitrogen and oxygen atoms in total. The van der Waals surface area contributed by atoms with Crippen LogP contribution in [0.15, 0.2) is 17.0 Å². The summed E-state index contributed by atoms with van der Waals surface area (Å²) in [5, 5.41) is -0.102. The fourth-order valence-corrected chi connectivity index (χ4v) is 4.01. The first-order chi connectivity index (χ1) is 8.24. The van der Waals surface area contributed by atoms with Gasteiger partial charge in [0.1, 0.15) is 4.90 Å². The summed E-state index contributed by atoms with van der Waals surface area (Å²) in [5.74, 6) is 0.212. The maximum absolute atomic E-state index is 11.9. The molecule has 0 fully saturated rings. The van der Waals surface area contributed by atoms with Gasteiger partial charge in [0.2, 0.25) is 10.0 Å². The van der Waals surface area contributed by atoms with E-state index in [0.29, 0.717) is 0 Å². The Bertz CT molecular complexity index is 552. The summed E-state index contributed by atoms with van der Waals surface area (Å²) in [4.78, 5) is -0.220. The van der Waals surface area contributed by atoms with Crippen LogP contribution < -0.4 is 10.5 Å². The highest BCUT2D eigenvalue weighted by molar-refractivity contribution is 7.89. The van der Waals surface area contributed by atoms with E-state index in [0.717, 1.165) is 0 Å². The maximum atomic E-state index is 11.9. The Labute approximate surface area is 118 Å². The molecule has 0 amide bonds. The average molecular weight is 331 g/mol. The van der Waals surface area contributed by atoms with E-state index in [-0.39, 0.29) is 32.9 Å². The van der Waals surface area contributed by atoms with Crippen molar-refractivity contribution in [1.29, 1.82) is 0 Å². The number of hydrogen-bond acceptors (Lipinski definition) is 4. The van der Waals surface area contributed by atoms with E-state index in [1.54, 1.807) is 0 Å². The molecule has 0 spiro atoms. The van der Waals surface area contributed by atoms with Gasteiger partial charge in [-0.25, -0.2) is 13.1 Å². The topological polar surface area (TPSA) is 89.3 Å². The monoisotopic (exact) mass is 330 g/mol. The molecule has 1 aromatic carbocycles. The first kappa shape index (κ1) is 15.7. The molecule has 1 unspecified atom stereocenters. The SMILES string of the molecule is CS(=O)CCNS(=O)(=O)c1c(Cl)cc(N)cc1Cl. The zero-order valence-corrected chi connectivity index (χ0v) is 12.6. The quantitative estimate of drug-likeness (QED) is 0.794. The van der Waals surface area contributed by atoms with E-state index < -0.39 is 20.8 Å². The minimum absolute atomic E-state index is 0.0441. The third kappa shape index (κ3) is 4.10. The van der Waals surface area contributed by atoms with E-state index >= 15 is 0 Å². The van der Waals surface area contributed by atoms with Crippen LogP contribution in [0.2, 0.25) is 10.0 Å². The van der Waals surface area contributed by atoms with Gasteiger partial charge in [-0.2, -0.15) is 0 Å². The molecular weight excluding hydrogens is 319 g/mol. The van der Waals surface area contributed by atoms with E-state index in [1.807, 2.05) is 0 Å². The van der Waals surface area contributed by atoms with Crippen LogP contribution in [0.3, 0.4) is 0 Å². The largest absolute Gasteiger partial charge is 0.399 e. The lowest BCUT2D eigenvalue weighted by atomic mass is 10.3. The van der Waals surface area contributed by atoms with Crippen molar-refractivity contribution >= 4 is 49.7 Å². The molecule has 0 saturated heterocycles. The van der Waals surface area contributed by atoms with Crippen molar-refractivity contribution < 1.29 is 12.6 Å². The standard InChI is InChI=1S/C9H12Cl2N2O3S2/c1-17(14)3-2-13-18(15,16)9-7(10)4-6(12)5-8(9)11/h4-5,13H,2-3,12H2,1H3. The second-order valence-corrected chi connectivity index (χ2v) is 7.56. The molecule has 1 aromatic rings. The number of nitrogens with one attached hydrogen (secondary N) is 1. The highest BCUT2D eigenvalue weighted by Crippen LogP contribution is 2.31. The predicted molar refractivity (Wildman–Crippen MR) is 75.0 cm³/mol. The smallest absolute Gasteiger partial charge is 0.243 e. The number of nitrogens with two attached hydrogens (primary N) is 1. The molecule has 0 bridgehead atoms. The van der Waals surface area contributed by atoms with Gasteiger partial charge in [0, 0.05) is 35.0 Å². The van der Waals surface area contributed by atoms with Crippen molar-refractivity contribution in [3.8, 4) is 0 Å². The molecule has 0 radical (unpaired) electrons. The number of anilines is 1. The Hall–Kier alpha value is -0.340. The lowest BCUT2D eigenvalue weighted by molar-refractivity contribution is 0.584. The van der Waals surface area contributed by atoms with Crippen LogP contribution in [0.25, 0.3) is 0 Å². The van der Waals surface area contributed by atoms with Crippen molar-refractivity contribution in [2.24, 2.45) is 0 Å². The van der Waals surface area contributed by atoms with E-state index in [9.17, 15) is 12.6 Å². The summed E-state index contributed by atoms with van der Waals surface area (Å²) in [6, 6.07) is 2.61. The molecule has 0 saturated carbocycles. The first-order valence-electron chi connectivity index (χ1n) is 4.78. The van der Waals surface area contributed by atoms with Crippen LogP contribution >= 0.6 is 23.2 Å². The molecule has 3 N–H and O–H groups in total. The fourth-order valence-electron chi connectivity index (χ4n) is 1.23. The summed E-state index contributed by atoms with van der Waals surface area (Å²) in [6.07, 6.45) is 1.48. The second-order valence-electron chi connectivity index (χ2n) is 3.49. The first-order valence-corrected chi connectivity index (χ1v) is 8.75. The minimum Gasteiger partial charge on any atom is -0.399 e. The summed E-state index contributed by atoms with van der Waals surface area (Å²) >= 11 is 11.6. The van der Waals surface area contributed by atoms with Gasteiger partial charge in [0.25, 0.3) is 0 Å². The van der Waals surface area contributed by atoms with E-state index in [4.69, 9.17) is 28.9 Å². The lowest BCUT2D eigenvalue weighted by Gasteiger charge is -2.10. The van der Waals surface area contributed by atoms with Gasteiger partial charge in [-0.05, 0) is 12.1 Å². The Balaban J connectivity index is 3.02. The molecule has 18 heavy (non-hydrogen) atoms. The van der Waals surface area contributed by atoms with Crippen molar-refractivity contribution in [1.82, 2.24) is 4.72 Å². The van der Waals surface area contributed by atoms with Crippen molar-refractivity contribution in [2.75, 3.05) is 24.3 Å². The Morgan fingerprint density at radius 2 is 1.83 bits per heavy atom. The highest BCUT2D eigenvalue weighted by Gasteiger charge is 2.21. The Morgan fingerprint density at radius 3 is 2.28 bits per heavy atom. The van der Waals surface area contributed by atoms with Gasteiger partial charge in [-0.3, -0.25) is 4.21 Å². The fraction of sp³-hybridized carbons (Fsp3) is 0.333. The number of sulfonamides is 1. The van der Waals surface area contributed by atoms with E-state index in [2.05, 4.69) is 4.72 Å². The van der Waals surface area contributed by atoms with Crippen LogP contribution in [0.5, 0.6) is 0 Å².